The SMILES string of the molecule is N#Cc1cnc(NC2CCN(Cc3ccc(F)cc3)C2=O)c(Cl)c1. The Morgan fingerprint density at radius 1 is 1.42 bits per heavy atom. The monoisotopic (exact) mass is 344 g/mol. The number of nitrogens with one attached hydrogen (secondary N) is 1. The summed E-state index contributed by atoms with van der Waals surface area (Å²) in [6.07, 6.45) is 2.03. The van der Waals surface area contributed by atoms with Crippen molar-refractivity contribution in [2.45, 2.75) is 19.0 Å². The minimum atomic E-state index is -0.414. The molecule has 0 spiro atoms. The van der Waals surface area contributed by atoms with Crippen molar-refractivity contribution in [2.75, 3.05) is 11.9 Å². The van der Waals surface area contributed by atoms with Crippen LogP contribution in [0.15, 0.2) is 36.5 Å². The average molecular weight is 345 g/mol. The third-order valence-corrected chi connectivity index (χ3v) is 4.15. The first kappa shape index (κ1) is 16.2. The molecule has 1 amide bonds. The number of hydrogen-bond acceptors (Lipinski definition) is 4. The predicted octanol–water partition coefficient (Wildman–Crippen LogP) is 2.96. The second-order valence-electron chi connectivity index (χ2n) is 5.54. The second kappa shape index (κ2) is 6.85. The van der Waals surface area contributed by atoms with E-state index in [2.05, 4.69) is 10.3 Å². The largest absolute Gasteiger partial charge is 0.357 e. The van der Waals surface area contributed by atoms with E-state index in [0.29, 0.717) is 35.9 Å². The highest BCUT2D eigenvalue weighted by molar-refractivity contribution is 6.33. The van der Waals surface area contributed by atoms with E-state index >= 15 is 0 Å². The lowest BCUT2D eigenvalue weighted by Gasteiger charge is -2.18. The number of nitriles is 1. The highest BCUT2D eigenvalue weighted by Gasteiger charge is 2.32. The molecule has 0 saturated carbocycles. The fourth-order valence-corrected chi connectivity index (χ4v) is 2.83. The Balaban J connectivity index is 1.66. The minimum Gasteiger partial charge on any atom is -0.357 e. The van der Waals surface area contributed by atoms with Crippen molar-refractivity contribution in [2.24, 2.45) is 0 Å². The first-order valence-corrected chi connectivity index (χ1v) is 7.80. The van der Waals surface area contributed by atoms with Gasteiger partial charge in [-0.2, -0.15) is 5.26 Å². The Morgan fingerprint density at radius 3 is 2.83 bits per heavy atom. The lowest BCUT2D eigenvalue weighted by atomic mass is 10.2. The van der Waals surface area contributed by atoms with Crippen LogP contribution in [0, 0.1) is 17.1 Å². The molecule has 24 heavy (non-hydrogen) atoms. The van der Waals surface area contributed by atoms with Crippen molar-refractivity contribution in [3.05, 3.63) is 58.5 Å². The molecule has 1 unspecified atom stereocenters. The van der Waals surface area contributed by atoms with Crippen LogP contribution in [0.5, 0.6) is 0 Å². The van der Waals surface area contributed by atoms with Gasteiger partial charge in [0.1, 0.15) is 23.7 Å². The summed E-state index contributed by atoms with van der Waals surface area (Å²) in [6.45, 7) is 1.04. The van der Waals surface area contributed by atoms with E-state index in [-0.39, 0.29) is 11.7 Å². The number of carbonyl (C=O) groups is 1. The highest BCUT2D eigenvalue weighted by atomic mass is 35.5. The molecule has 2 aromatic rings. The van der Waals surface area contributed by atoms with Gasteiger partial charge < -0.3 is 10.2 Å². The van der Waals surface area contributed by atoms with Crippen molar-refractivity contribution in [1.82, 2.24) is 9.88 Å². The van der Waals surface area contributed by atoms with Gasteiger partial charge in [-0.05, 0) is 30.2 Å². The molecule has 1 aromatic carbocycles. The van der Waals surface area contributed by atoms with Crippen LogP contribution in [0.1, 0.15) is 17.5 Å². The Labute approximate surface area is 143 Å². The zero-order valence-corrected chi connectivity index (χ0v) is 13.4. The van der Waals surface area contributed by atoms with E-state index in [1.807, 2.05) is 6.07 Å². The van der Waals surface area contributed by atoms with Crippen LogP contribution in [0.3, 0.4) is 0 Å². The quantitative estimate of drug-likeness (QED) is 0.925. The molecular formula is C17H14ClFN4O. The molecule has 1 N–H and O–H groups in total. The van der Waals surface area contributed by atoms with Crippen molar-refractivity contribution in [1.29, 1.82) is 5.26 Å². The molecule has 3 rings (SSSR count). The van der Waals surface area contributed by atoms with Gasteiger partial charge >= 0.3 is 0 Å². The van der Waals surface area contributed by atoms with Gasteiger partial charge in [0.15, 0.2) is 0 Å². The van der Waals surface area contributed by atoms with Gasteiger partial charge in [0, 0.05) is 19.3 Å². The summed E-state index contributed by atoms with van der Waals surface area (Å²) < 4.78 is 12.9. The molecule has 1 aliphatic heterocycles. The maximum atomic E-state index is 12.9. The van der Waals surface area contributed by atoms with E-state index < -0.39 is 6.04 Å². The maximum absolute atomic E-state index is 12.9. The molecule has 7 heteroatoms. The third kappa shape index (κ3) is 3.47. The van der Waals surface area contributed by atoms with E-state index in [1.165, 1.54) is 24.4 Å². The van der Waals surface area contributed by atoms with E-state index in [1.54, 1.807) is 17.0 Å². The smallest absolute Gasteiger partial charge is 0.245 e. The average Bonchev–Trinajstić information content (AvgIpc) is 2.92. The summed E-state index contributed by atoms with van der Waals surface area (Å²) in [6, 6.07) is 9.15. The molecular weight excluding hydrogens is 331 g/mol. The molecule has 1 aliphatic rings. The molecule has 5 nitrogen and oxygen atoms in total. The molecule has 0 bridgehead atoms. The molecule has 2 heterocycles. The van der Waals surface area contributed by atoms with Crippen LogP contribution in [-0.2, 0) is 11.3 Å². The number of rotatable bonds is 4. The van der Waals surface area contributed by atoms with Crippen LogP contribution in [0.2, 0.25) is 5.02 Å². The summed E-state index contributed by atoms with van der Waals surface area (Å²) in [5.41, 5.74) is 1.24. The summed E-state index contributed by atoms with van der Waals surface area (Å²) >= 11 is 6.08. The number of anilines is 1. The standard InChI is InChI=1S/C17H14ClFN4O/c18-14-7-12(8-20)9-21-16(14)22-15-5-6-23(17(15)24)10-11-1-3-13(19)4-2-11/h1-4,7,9,15H,5-6,10H2,(H,21,22). The predicted molar refractivity (Wildman–Crippen MR) is 87.8 cm³/mol. The third-order valence-electron chi connectivity index (χ3n) is 3.87. The molecule has 0 aliphatic carbocycles. The number of likely N-dealkylation sites (tertiary alicyclic amines) is 1. The van der Waals surface area contributed by atoms with Crippen LogP contribution in [0.25, 0.3) is 0 Å². The number of pyridine rings is 1. The number of halogens is 2. The van der Waals surface area contributed by atoms with Gasteiger partial charge in [0.25, 0.3) is 0 Å². The summed E-state index contributed by atoms with van der Waals surface area (Å²) in [5.74, 6) is 0.0341. The molecule has 1 fully saturated rings. The summed E-state index contributed by atoms with van der Waals surface area (Å²) in [7, 11) is 0. The van der Waals surface area contributed by atoms with Crippen molar-refractivity contribution < 1.29 is 9.18 Å². The van der Waals surface area contributed by atoms with Crippen molar-refractivity contribution in [3.8, 4) is 6.07 Å². The van der Waals surface area contributed by atoms with Gasteiger partial charge in [0.05, 0.1) is 10.6 Å². The van der Waals surface area contributed by atoms with Crippen molar-refractivity contribution >= 4 is 23.3 Å². The van der Waals surface area contributed by atoms with Crippen LogP contribution >= 0.6 is 11.6 Å². The van der Waals surface area contributed by atoms with Gasteiger partial charge in [-0.15, -0.1) is 0 Å². The molecule has 1 saturated heterocycles. The number of aromatic nitrogens is 1. The molecule has 0 radical (unpaired) electrons. The zero-order chi connectivity index (χ0) is 17.1. The van der Waals surface area contributed by atoms with Gasteiger partial charge in [-0.25, -0.2) is 9.37 Å². The minimum absolute atomic E-state index is 0.0541. The van der Waals surface area contributed by atoms with Gasteiger partial charge in [0.2, 0.25) is 5.91 Å². The lowest BCUT2D eigenvalue weighted by Crippen LogP contribution is -2.33. The Morgan fingerprint density at radius 2 is 2.17 bits per heavy atom. The second-order valence-corrected chi connectivity index (χ2v) is 5.95. The Kier molecular flexibility index (Phi) is 4.63. The maximum Gasteiger partial charge on any atom is 0.245 e. The first-order chi connectivity index (χ1) is 11.6. The van der Waals surface area contributed by atoms with E-state index in [9.17, 15) is 9.18 Å². The first-order valence-electron chi connectivity index (χ1n) is 7.42. The zero-order valence-electron chi connectivity index (χ0n) is 12.7. The van der Waals surface area contributed by atoms with Gasteiger partial charge in [-0.1, -0.05) is 23.7 Å². The number of amides is 1. The topological polar surface area (TPSA) is 69.0 Å². The fourth-order valence-electron chi connectivity index (χ4n) is 2.61. The van der Waals surface area contributed by atoms with Crippen LogP contribution in [-0.4, -0.2) is 28.4 Å². The summed E-state index contributed by atoms with van der Waals surface area (Å²) in [5, 5.41) is 12.2. The fraction of sp³-hybridized carbons (Fsp3) is 0.235. The number of hydrogen-bond donors (Lipinski definition) is 1. The molecule has 1 atom stereocenters. The highest BCUT2D eigenvalue weighted by Crippen LogP contribution is 2.24. The number of nitrogens with zero attached hydrogens (tertiary/aromatic N) is 3. The van der Waals surface area contributed by atoms with Gasteiger partial charge in [-0.3, -0.25) is 4.79 Å². The number of benzene rings is 1. The Hall–Kier alpha value is -2.65. The van der Waals surface area contributed by atoms with Crippen LogP contribution < -0.4 is 5.32 Å². The van der Waals surface area contributed by atoms with Crippen LogP contribution in [0.4, 0.5) is 10.2 Å². The molecule has 1 aromatic heterocycles. The summed E-state index contributed by atoms with van der Waals surface area (Å²) in [4.78, 5) is 18.3. The Bertz CT molecular complexity index is 803. The van der Waals surface area contributed by atoms with E-state index in [4.69, 9.17) is 16.9 Å². The normalized spacial score (nSPS) is 17.0. The molecule has 122 valence electrons. The number of carbonyl (C=O) groups excluding carboxylic acids is 1. The van der Waals surface area contributed by atoms with Crippen molar-refractivity contribution in [3.63, 3.8) is 0 Å². The lowest BCUT2D eigenvalue weighted by molar-refractivity contribution is -0.128. The van der Waals surface area contributed by atoms with E-state index in [0.717, 1.165) is 5.56 Å².